The van der Waals surface area contributed by atoms with Crippen LogP contribution in [0.2, 0.25) is 0 Å². The fourth-order valence-corrected chi connectivity index (χ4v) is 3.49. The molecule has 1 aromatic carbocycles. The van der Waals surface area contributed by atoms with Gasteiger partial charge in [0, 0.05) is 18.2 Å². The van der Waals surface area contributed by atoms with Crippen molar-refractivity contribution in [3.63, 3.8) is 0 Å². The number of aromatic nitrogens is 2. The molecule has 1 atom stereocenters. The third-order valence-corrected chi connectivity index (χ3v) is 4.90. The van der Waals surface area contributed by atoms with E-state index >= 15 is 0 Å². The number of halogens is 1. The Bertz CT molecular complexity index is 736. The molecule has 1 N–H and O–H groups in total. The van der Waals surface area contributed by atoms with E-state index in [1.165, 1.54) is 12.1 Å². The van der Waals surface area contributed by atoms with Gasteiger partial charge < -0.3 is 5.32 Å². The van der Waals surface area contributed by atoms with Gasteiger partial charge in [-0.1, -0.05) is 12.1 Å². The second-order valence-electron chi connectivity index (χ2n) is 6.84. The summed E-state index contributed by atoms with van der Waals surface area (Å²) in [6.07, 6.45) is 5.84. The van der Waals surface area contributed by atoms with Crippen LogP contribution < -0.4 is 5.32 Å². The van der Waals surface area contributed by atoms with E-state index in [1.54, 1.807) is 12.1 Å². The van der Waals surface area contributed by atoms with E-state index in [1.807, 2.05) is 18.5 Å². The number of rotatable bonds is 6. The van der Waals surface area contributed by atoms with Crippen LogP contribution in [-0.2, 0) is 25.8 Å². The van der Waals surface area contributed by atoms with Crippen LogP contribution in [0.15, 0.2) is 24.3 Å². The monoisotopic (exact) mass is 343 g/mol. The molecule has 25 heavy (non-hydrogen) atoms. The maximum atomic E-state index is 13.0. The molecular formula is C20H26FN3O. The molecule has 0 bridgehead atoms. The molecule has 0 spiro atoms. The quantitative estimate of drug-likeness (QED) is 0.870. The lowest BCUT2D eigenvalue weighted by atomic mass is 9.95. The molecule has 1 amide bonds. The lowest BCUT2D eigenvalue weighted by Gasteiger charge is -2.16. The van der Waals surface area contributed by atoms with E-state index in [0.29, 0.717) is 6.54 Å². The fourth-order valence-electron chi connectivity index (χ4n) is 3.49. The Labute approximate surface area is 148 Å². The van der Waals surface area contributed by atoms with Crippen molar-refractivity contribution in [3.8, 4) is 0 Å². The largest absolute Gasteiger partial charge is 0.348 e. The third kappa shape index (κ3) is 4.09. The van der Waals surface area contributed by atoms with Gasteiger partial charge in [-0.05, 0) is 70.1 Å². The SMILES string of the molecule is CCn1nc2c(c1C(=O)N[C@H](C)CCc1ccc(F)cc1)CCCC2. The summed E-state index contributed by atoms with van der Waals surface area (Å²) in [5, 5.41) is 7.73. The molecule has 0 fully saturated rings. The summed E-state index contributed by atoms with van der Waals surface area (Å²) in [5.74, 6) is -0.244. The summed E-state index contributed by atoms with van der Waals surface area (Å²) in [7, 11) is 0. The van der Waals surface area contributed by atoms with Crippen LogP contribution in [0.5, 0.6) is 0 Å². The van der Waals surface area contributed by atoms with Gasteiger partial charge in [-0.2, -0.15) is 5.10 Å². The van der Waals surface area contributed by atoms with Crippen molar-refractivity contribution in [3.05, 3.63) is 52.6 Å². The number of hydrogen-bond donors (Lipinski definition) is 1. The van der Waals surface area contributed by atoms with Crippen molar-refractivity contribution < 1.29 is 9.18 Å². The number of nitrogens with zero attached hydrogens (tertiary/aromatic N) is 2. The molecule has 1 aliphatic carbocycles. The Morgan fingerprint density at radius 3 is 2.72 bits per heavy atom. The van der Waals surface area contributed by atoms with Crippen LogP contribution in [0, 0.1) is 5.82 Å². The van der Waals surface area contributed by atoms with Crippen LogP contribution in [0.1, 0.15) is 60.4 Å². The molecule has 1 aliphatic rings. The van der Waals surface area contributed by atoms with Gasteiger partial charge in [0.15, 0.2) is 0 Å². The van der Waals surface area contributed by atoms with Crippen LogP contribution in [-0.4, -0.2) is 21.7 Å². The predicted octanol–water partition coefficient (Wildman–Crippen LogP) is 3.67. The van der Waals surface area contributed by atoms with Gasteiger partial charge in [-0.25, -0.2) is 4.39 Å². The smallest absolute Gasteiger partial charge is 0.270 e. The van der Waals surface area contributed by atoms with Gasteiger partial charge in [0.25, 0.3) is 5.91 Å². The Kier molecular flexibility index (Phi) is 5.51. The highest BCUT2D eigenvalue weighted by Crippen LogP contribution is 2.24. The zero-order valence-corrected chi connectivity index (χ0v) is 15.0. The zero-order valence-electron chi connectivity index (χ0n) is 15.0. The summed E-state index contributed by atoms with van der Waals surface area (Å²) in [4.78, 5) is 12.8. The molecule has 0 saturated heterocycles. The molecule has 134 valence electrons. The zero-order chi connectivity index (χ0) is 17.8. The summed E-state index contributed by atoms with van der Waals surface area (Å²) < 4.78 is 14.8. The minimum Gasteiger partial charge on any atom is -0.348 e. The molecule has 4 nitrogen and oxygen atoms in total. The first-order valence-corrected chi connectivity index (χ1v) is 9.22. The maximum absolute atomic E-state index is 13.0. The first-order chi connectivity index (χ1) is 12.1. The van der Waals surface area contributed by atoms with Crippen LogP contribution in [0.3, 0.4) is 0 Å². The van der Waals surface area contributed by atoms with Crippen molar-refractivity contribution in [2.24, 2.45) is 0 Å². The summed E-state index contributed by atoms with van der Waals surface area (Å²) >= 11 is 0. The van der Waals surface area contributed by atoms with Crippen LogP contribution in [0.25, 0.3) is 0 Å². The summed E-state index contributed by atoms with van der Waals surface area (Å²) in [6.45, 7) is 4.74. The molecule has 0 unspecified atom stereocenters. The molecule has 0 aliphatic heterocycles. The van der Waals surface area contributed by atoms with E-state index < -0.39 is 0 Å². The average Bonchev–Trinajstić information content (AvgIpc) is 3.00. The number of hydrogen-bond acceptors (Lipinski definition) is 2. The molecule has 0 radical (unpaired) electrons. The van der Waals surface area contributed by atoms with Crippen molar-refractivity contribution in [2.45, 2.75) is 65.0 Å². The minimum absolute atomic E-state index is 0.0240. The van der Waals surface area contributed by atoms with Gasteiger partial charge in [0.2, 0.25) is 0 Å². The van der Waals surface area contributed by atoms with Gasteiger partial charge >= 0.3 is 0 Å². The van der Waals surface area contributed by atoms with E-state index in [2.05, 4.69) is 10.4 Å². The second kappa shape index (κ2) is 7.81. The van der Waals surface area contributed by atoms with Gasteiger partial charge in [-0.3, -0.25) is 9.48 Å². The van der Waals surface area contributed by atoms with Gasteiger partial charge in [0.1, 0.15) is 11.5 Å². The van der Waals surface area contributed by atoms with E-state index in [0.717, 1.165) is 61.0 Å². The number of nitrogens with one attached hydrogen (secondary N) is 1. The molecule has 2 aromatic rings. The molecular weight excluding hydrogens is 317 g/mol. The molecule has 1 aromatic heterocycles. The summed E-state index contributed by atoms with van der Waals surface area (Å²) in [6, 6.07) is 6.60. The highest BCUT2D eigenvalue weighted by atomic mass is 19.1. The Morgan fingerprint density at radius 2 is 2.00 bits per heavy atom. The number of fused-ring (bicyclic) bond motifs is 1. The second-order valence-corrected chi connectivity index (χ2v) is 6.84. The number of carbonyl (C=O) groups excluding carboxylic acids is 1. The molecule has 1 heterocycles. The normalized spacial score (nSPS) is 14.8. The van der Waals surface area contributed by atoms with Crippen molar-refractivity contribution in [2.75, 3.05) is 0 Å². The predicted molar refractivity (Wildman–Crippen MR) is 96.2 cm³/mol. The van der Waals surface area contributed by atoms with Gasteiger partial charge in [-0.15, -0.1) is 0 Å². The number of aryl methyl sites for hydroxylation is 3. The first kappa shape index (κ1) is 17.6. The number of amides is 1. The Morgan fingerprint density at radius 1 is 1.28 bits per heavy atom. The Hall–Kier alpha value is -2.17. The summed E-state index contributed by atoms with van der Waals surface area (Å²) in [5.41, 5.74) is 4.05. The standard InChI is InChI=1S/C20H26FN3O/c1-3-24-19(17-6-4-5-7-18(17)23-24)20(25)22-14(2)8-9-15-10-12-16(21)13-11-15/h10-14H,3-9H2,1-2H3,(H,22,25)/t14-/m1/s1. The molecule has 5 heteroatoms. The van der Waals surface area contributed by atoms with Crippen LogP contribution in [0.4, 0.5) is 4.39 Å². The van der Waals surface area contributed by atoms with Crippen molar-refractivity contribution >= 4 is 5.91 Å². The number of carbonyl (C=O) groups is 1. The number of benzene rings is 1. The van der Waals surface area contributed by atoms with E-state index in [-0.39, 0.29) is 17.8 Å². The van der Waals surface area contributed by atoms with Crippen molar-refractivity contribution in [1.82, 2.24) is 15.1 Å². The molecule has 0 saturated carbocycles. The van der Waals surface area contributed by atoms with Crippen LogP contribution >= 0.6 is 0 Å². The lowest BCUT2D eigenvalue weighted by Crippen LogP contribution is -2.35. The Balaban J connectivity index is 1.63. The first-order valence-electron chi connectivity index (χ1n) is 9.22. The molecule has 3 rings (SSSR count). The van der Waals surface area contributed by atoms with E-state index in [9.17, 15) is 9.18 Å². The lowest BCUT2D eigenvalue weighted by molar-refractivity contribution is 0.0926. The van der Waals surface area contributed by atoms with Gasteiger partial charge in [0.05, 0.1) is 5.69 Å². The maximum Gasteiger partial charge on any atom is 0.270 e. The van der Waals surface area contributed by atoms with E-state index in [4.69, 9.17) is 0 Å². The highest BCUT2D eigenvalue weighted by molar-refractivity contribution is 5.94. The topological polar surface area (TPSA) is 46.9 Å². The highest BCUT2D eigenvalue weighted by Gasteiger charge is 2.25. The van der Waals surface area contributed by atoms with Crippen molar-refractivity contribution in [1.29, 1.82) is 0 Å². The fraction of sp³-hybridized carbons (Fsp3) is 0.500. The average molecular weight is 343 g/mol. The third-order valence-electron chi connectivity index (χ3n) is 4.90. The minimum atomic E-state index is -0.220.